The van der Waals surface area contributed by atoms with E-state index in [4.69, 9.17) is 10.5 Å². The molecular formula is C12H19N3O. The van der Waals surface area contributed by atoms with Gasteiger partial charge in [-0.25, -0.2) is 0 Å². The van der Waals surface area contributed by atoms with E-state index >= 15 is 0 Å². The van der Waals surface area contributed by atoms with Crippen molar-refractivity contribution in [1.82, 2.24) is 4.90 Å². The molecule has 0 unspecified atom stereocenters. The highest BCUT2D eigenvalue weighted by atomic mass is 16.5. The van der Waals surface area contributed by atoms with Crippen molar-refractivity contribution in [1.29, 1.82) is 0 Å². The van der Waals surface area contributed by atoms with Crippen molar-refractivity contribution < 1.29 is 4.74 Å². The number of hydrogen-bond donors (Lipinski definition) is 1. The normalized spacial score (nSPS) is 11.3. The molecule has 0 amide bonds. The van der Waals surface area contributed by atoms with Gasteiger partial charge >= 0.3 is 0 Å². The molecule has 0 spiro atoms. The Hall–Kier alpha value is -1.71. The summed E-state index contributed by atoms with van der Waals surface area (Å²) in [5, 5.41) is 0. The largest absolute Gasteiger partial charge is 0.497 e. The summed E-state index contributed by atoms with van der Waals surface area (Å²) in [6.07, 6.45) is 0.867. The fourth-order valence-corrected chi connectivity index (χ4v) is 1.27. The molecule has 0 radical (unpaired) electrons. The molecule has 0 aliphatic carbocycles. The maximum Gasteiger partial charge on any atom is 0.190 e. The Morgan fingerprint density at radius 3 is 2.81 bits per heavy atom. The topological polar surface area (TPSA) is 50.9 Å². The van der Waals surface area contributed by atoms with Crippen LogP contribution in [0, 0.1) is 0 Å². The van der Waals surface area contributed by atoms with Gasteiger partial charge in [-0.05, 0) is 24.1 Å². The maximum absolute atomic E-state index is 5.69. The number of ether oxygens (including phenoxy) is 1. The van der Waals surface area contributed by atoms with Gasteiger partial charge in [0, 0.05) is 20.6 Å². The highest BCUT2D eigenvalue weighted by molar-refractivity contribution is 5.77. The van der Waals surface area contributed by atoms with E-state index in [-0.39, 0.29) is 0 Å². The number of hydrogen-bond acceptors (Lipinski definition) is 2. The third-order valence-electron chi connectivity index (χ3n) is 2.27. The van der Waals surface area contributed by atoms with Crippen LogP contribution < -0.4 is 10.5 Å². The fraction of sp³-hybridized carbons (Fsp3) is 0.417. The van der Waals surface area contributed by atoms with Crippen molar-refractivity contribution in [2.75, 3.05) is 27.7 Å². The van der Waals surface area contributed by atoms with E-state index in [1.165, 1.54) is 5.56 Å². The molecule has 0 aromatic heterocycles. The predicted molar refractivity (Wildman–Crippen MR) is 66.9 cm³/mol. The summed E-state index contributed by atoms with van der Waals surface area (Å²) in [7, 11) is 5.43. The SMILES string of the molecule is COc1cccc(CCN=C(N)N(C)C)c1. The van der Waals surface area contributed by atoms with Gasteiger partial charge in [-0.1, -0.05) is 12.1 Å². The zero-order valence-electron chi connectivity index (χ0n) is 10.1. The monoisotopic (exact) mass is 221 g/mol. The van der Waals surface area contributed by atoms with Crippen molar-refractivity contribution >= 4 is 5.96 Å². The molecule has 0 heterocycles. The Kier molecular flexibility index (Phi) is 4.64. The maximum atomic E-state index is 5.69. The zero-order valence-corrected chi connectivity index (χ0v) is 10.1. The van der Waals surface area contributed by atoms with Crippen LogP contribution in [0.2, 0.25) is 0 Å². The van der Waals surface area contributed by atoms with Gasteiger partial charge < -0.3 is 15.4 Å². The second-order valence-corrected chi connectivity index (χ2v) is 3.74. The number of methoxy groups -OCH3 is 1. The Morgan fingerprint density at radius 2 is 2.19 bits per heavy atom. The first-order valence-corrected chi connectivity index (χ1v) is 5.23. The molecule has 1 aromatic rings. The number of nitrogens with zero attached hydrogens (tertiary/aromatic N) is 2. The average Bonchev–Trinajstić information content (AvgIpc) is 2.29. The van der Waals surface area contributed by atoms with Crippen LogP contribution in [-0.4, -0.2) is 38.6 Å². The quantitative estimate of drug-likeness (QED) is 0.612. The fourth-order valence-electron chi connectivity index (χ4n) is 1.27. The molecule has 0 aliphatic heterocycles. The highest BCUT2D eigenvalue weighted by Gasteiger charge is 1.96. The summed E-state index contributed by atoms with van der Waals surface area (Å²) in [4.78, 5) is 6.05. The van der Waals surface area contributed by atoms with Crippen molar-refractivity contribution in [3.05, 3.63) is 29.8 Å². The number of guanidine groups is 1. The van der Waals surface area contributed by atoms with Crippen molar-refractivity contribution in [2.24, 2.45) is 10.7 Å². The summed E-state index contributed by atoms with van der Waals surface area (Å²) in [5.41, 5.74) is 6.89. The molecule has 1 rings (SSSR count). The molecule has 1 aromatic carbocycles. The molecular weight excluding hydrogens is 202 g/mol. The van der Waals surface area contributed by atoms with Gasteiger partial charge in [0.05, 0.1) is 7.11 Å². The van der Waals surface area contributed by atoms with Gasteiger partial charge in [0.1, 0.15) is 5.75 Å². The van der Waals surface area contributed by atoms with Crippen LogP contribution >= 0.6 is 0 Å². The summed E-state index contributed by atoms with van der Waals surface area (Å²) in [6.45, 7) is 0.692. The van der Waals surface area contributed by atoms with Crippen molar-refractivity contribution in [3.8, 4) is 5.75 Å². The zero-order chi connectivity index (χ0) is 12.0. The van der Waals surface area contributed by atoms with Crippen LogP contribution in [0.3, 0.4) is 0 Å². The molecule has 2 N–H and O–H groups in total. The van der Waals surface area contributed by atoms with Crippen LogP contribution in [0.5, 0.6) is 5.75 Å². The first kappa shape index (κ1) is 12.4. The Labute approximate surface area is 96.7 Å². The minimum absolute atomic E-state index is 0.558. The van der Waals surface area contributed by atoms with Gasteiger partial charge in [0.15, 0.2) is 5.96 Å². The standard InChI is InChI=1S/C12H19N3O/c1-15(2)12(13)14-8-7-10-5-4-6-11(9-10)16-3/h4-6,9H,7-8H2,1-3H3,(H2,13,14). The van der Waals surface area contributed by atoms with Gasteiger partial charge in [-0.2, -0.15) is 0 Å². The van der Waals surface area contributed by atoms with E-state index in [1.54, 1.807) is 12.0 Å². The van der Waals surface area contributed by atoms with Gasteiger partial charge in [-0.15, -0.1) is 0 Å². The first-order chi connectivity index (χ1) is 7.63. The second-order valence-electron chi connectivity index (χ2n) is 3.74. The lowest BCUT2D eigenvalue weighted by atomic mass is 10.1. The molecule has 0 saturated heterocycles. The van der Waals surface area contributed by atoms with Crippen molar-refractivity contribution in [3.63, 3.8) is 0 Å². The molecule has 0 atom stereocenters. The van der Waals surface area contributed by atoms with Crippen molar-refractivity contribution in [2.45, 2.75) is 6.42 Å². The van der Waals surface area contributed by atoms with E-state index in [0.29, 0.717) is 12.5 Å². The molecule has 0 bridgehead atoms. The minimum Gasteiger partial charge on any atom is -0.497 e. The van der Waals surface area contributed by atoms with Crippen LogP contribution in [-0.2, 0) is 6.42 Å². The van der Waals surface area contributed by atoms with Crippen LogP contribution in [0.15, 0.2) is 29.3 Å². The smallest absolute Gasteiger partial charge is 0.190 e. The van der Waals surface area contributed by atoms with Gasteiger partial charge in [0.25, 0.3) is 0 Å². The molecule has 0 fully saturated rings. The first-order valence-electron chi connectivity index (χ1n) is 5.23. The summed E-state index contributed by atoms with van der Waals surface area (Å²) in [5.74, 6) is 1.44. The minimum atomic E-state index is 0.558. The van der Waals surface area contributed by atoms with E-state index in [2.05, 4.69) is 11.1 Å². The van der Waals surface area contributed by atoms with E-state index < -0.39 is 0 Å². The Balaban J connectivity index is 2.51. The number of aliphatic imine (C=N–C) groups is 1. The van der Waals surface area contributed by atoms with Gasteiger partial charge in [-0.3, -0.25) is 4.99 Å². The second kappa shape index (κ2) is 6.00. The summed E-state index contributed by atoms with van der Waals surface area (Å²) in [6, 6.07) is 7.99. The molecule has 16 heavy (non-hydrogen) atoms. The third kappa shape index (κ3) is 3.81. The van der Waals surface area contributed by atoms with E-state index in [9.17, 15) is 0 Å². The number of rotatable bonds is 4. The summed E-state index contributed by atoms with van der Waals surface area (Å²) < 4.78 is 5.15. The van der Waals surface area contributed by atoms with E-state index in [1.807, 2.05) is 32.3 Å². The van der Waals surface area contributed by atoms with Crippen LogP contribution in [0.4, 0.5) is 0 Å². The molecule has 0 saturated carbocycles. The molecule has 4 nitrogen and oxygen atoms in total. The lowest BCUT2D eigenvalue weighted by Crippen LogP contribution is -2.30. The molecule has 0 aliphatic rings. The Bertz CT molecular complexity index is 361. The average molecular weight is 221 g/mol. The van der Waals surface area contributed by atoms with Gasteiger partial charge in [0.2, 0.25) is 0 Å². The molecule has 4 heteroatoms. The lowest BCUT2D eigenvalue weighted by Gasteiger charge is -2.10. The highest BCUT2D eigenvalue weighted by Crippen LogP contribution is 2.12. The molecule has 88 valence electrons. The number of nitrogens with two attached hydrogens (primary N) is 1. The third-order valence-corrected chi connectivity index (χ3v) is 2.27. The number of benzene rings is 1. The van der Waals surface area contributed by atoms with Crippen LogP contribution in [0.25, 0.3) is 0 Å². The summed E-state index contributed by atoms with van der Waals surface area (Å²) >= 11 is 0. The predicted octanol–water partition coefficient (Wildman–Crippen LogP) is 1.11. The lowest BCUT2D eigenvalue weighted by molar-refractivity contribution is 0.414. The Morgan fingerprint density at radius 1 is 1.44 bits per heavy atom. The van der Waals surface area contributed by atoms with E-state index in [0.717, 1.165) is 12.2 Å². The van der Waals surface area contributed by atoms with Crippen LogP contribution in [0.1, 0.15) is 5.56 Å².